The molecule has 3 rings (SSSR count). The monoisotopic (exact) mass is 298 g/mol. The predicted octanol–water partition coefficient (Wildman–Crippen LogP) is 3.56. The molecule has 0 aliphatic heterocycles. The topological polar surface area (TPSA) is 55.8 Å². The number of carbonyl (C=O) groups is 1. The van der Waals surface area contributed by atoms with Crippen LogP contribution >= 0.6 is 0 Å². The Morgan fingerprint density at radius 3 is 2.41 bits per heavy atom. The van der Waals surface area contributed by atoms with Crippen LogP contribution in [0.25, 0.3) is 11.1 Å². The maximum Gasteiger partial charge on any atom is 0.307 e. The molecule has 0 heterocycles. The van der Waals surface area contributed by atoms with E-state index in [9.17, 15) is 4.79 Å². The smallest absolute Gasteiger partial charge is 0.307 e. The Bertz CT molecular complexity index is 708. The molecule has 0 amide bonds. The van der Waals surface area contributed by atoms with Gasteiger partial charge in [0.2, 0.25) is 0 Å². The van der Waals surface area contributed by atoms with Crippen LogP contribution in [-0.2, 0) is 4.79 Å². The summed E-state index contributed by atoms with van der Waals surface area (Å²) in [5.41, 5.74) is 3.15. The van der Waals surface area contributed by atoms with E-state index >= 15 is 0 Å². The summed E-state index contributed by atoms with van der Waals surface area (Å²) in [7, 11) is 3.22. The summed E-state index contributed by atoms with van der Waals surface area (Å²) < 4.78 is 10.6. The van der Waals surface area contributed by atoms with Gasteiger partial charge in [0.1, 0.15) is 0 Å². The first kappa shape index (κ1) is 14.4. The highest BCUT2D eigenvalue weighted by Crippen LogP contribution is 2.48. The predicted molar refractivity (Wildman–Crippen MR) is 83.5 cm³/mol. The van der Waals surface area contributed by atoms with Crippen LogP contribution in [-0.4, -0.2) is 25.3 Å². The van der Waals surface area contributed by atoms with Crippen LogP contribution in [0.1, 0.15) is 17.9 Å². The lowest BCUT2D eigenvalue weighted by atomic mass is 10.00. The number of carboxylic acid groups (broad SMARTS) is 1. The zero-order chi connectivity index (χ0) is 15.7. The summed E-state index contributed by atoms with van der Waals surface area (Å²) in [5.74, 6) is 0.565. The second kappa shape index (κ2) is 5.72. The van der Waals surface area contributed by atoms with Crippen LogP contribution in [0.3, 0.4) is 0 Å². The number of ether oxygens (including phenoxy) is 2. The van der Waals surface area contributed by atoms with Crippen molar-refractivity contribution in [3.63, 3.8) is 0 Å². The van der Waals surface area contributed by atoms with Crippen molar-refractivity contribution in [1.82, 2.24) is 0 Å². The normalized spacial score (nSPS) is 19.5. The number of benzene rings is 2. The summed E-state index contributed by atoms with van der Waals surface area (Å²) in [6.07, 6.45) is 0.727. The average molecular weight is 298 g/mol. The van der Waals surface area contributed by atoms with Crippen molar-refractivity contribution in [3.05, 3.63) is 48.0 Å². The van der Waals surface area contributed by atoms with Crippen molar-refractivity contribution < 1.29 is 19.4 Å². The summed E-state index contributed by atoms with van der Waals surface area (Å²) in [5, 5.41) is 9.07. The van der Waals surface area contributed by atoms with Gasteiger partial charge in [-0.15, -0.1) is 0 Å². The molecular formula is C18H18O4. The molecule has 114 valence electrons. The Balaban J connectivity index is 1.91. The molecule has 0 aromatic heterocycles. The molecule has 1 aliphatic rings. The van der Waals surface area contributed by atoms with Crippen molar-refractivity contribution in [2.24, 2.45) is 5.92 Å². The Morgan fingerprint density at radius 1 is 1.05 bits per heavy atom. The SMILES string of the molecule is COc1ccc(-c2cccc([C@@H]3C[C@H]3C(=O)O)c2)cc1OC. The maximum atomic E-state index is 11.0. The van der Waals surface area contributed by atoms with Crippen molar-refractivity contribution in [2.75, 3.05) is 14.2 Å². The molecule has 0 spiro atoms. The minimum atomic E-state index is -0.707. The van der Waals surface area contributed by atoms with E-state index in [0.717, 1.165) is 23.1 Å². The highest BCUT2D eigenvalue weighted by atomic mass is 16.5. The Kier molecular flexibility index (Phi) is 3.75. The highest BCUT2D eigenvalue weighted by molar-refractivity contribution is 5.76. The average Bonchev–Trinajstić information content (AvgIpc) is 3.35. The largest absolute Gasteiger partial charge is 0.493 e. The number of aliphatic carboxylic acids is 1. The molecular weight excluding hydrogens is 280 g/mol. The lowest BCUT2D eigenvalue weighted by Gasteiger charge is -2.10. The molecule has 1 aliphatic carbocycles. The molecule has 0 radical (unpaired) electrons. The van der Waals surface area contributed by atoms with Gasteiger partial charge >= 0.3 is 5.97 Å². The maximum absolute atomic E-state index is 11.0. The summed E-state index contributed by atoms with van der Waals surface area (Å²) >= 11 is 0. The minimum absolute atomic E-state index is 0.137. The number of rotatable bonds is 5. The number of carboxylic acids is 1. The van der Waals surface area contributed by atoms with Crippen LogP contribution in [0, 0.1) is 5.92 Å². The third kappa shape index (κ3) is 2.64. The van der Waals surface area contributed by atoms with Gasteiger partial charge in [-0.05, 0) is 41.2 Å². The molecule has 0 bridgehead atoms. The summed E-state index contributed by atoms with van der Waals surface area (Å²) in [6.45, 7) is 0. The molecule has 22 heavy (non-hydrogen) atoms. The van der Waals surface area contributed by atoms with Gasteiger partial charge in [-0.1, -0.05) is 30.3 Å². The van der Waals surface area contributed by atoms with Crippen LogP contribution in [0.4, 0.5) is 0 Å². The third-order valence-corrected chi connectivity index (χ3v) is 4.14. The first-order valence-corrected chi connectivity index (χ1v) is 7.19. The third-order valence-electron chi connectivity index (χ3n) is 4.14. The number of methoxy groups -OCH3 is 2. The van der Waals surface area contributed by atoms with E-state index in [2.05, 4.69) is 6.07 Å². The lowest BCUT2D eigenvalue weighted by Crippen LogP contribution is -1.98. The highest BCUT2D eigenvalue weighted by Gasteiger charge is 2.44. The molecule has 2 aromatic rings. The van der Waals surface area contributed by atoms with Crippen molar-refractivity contribution in [3.8, 4) is 22.6 Å². The van der Waals surface area contributed by atoms with Gasteiger partial charge in [0.05, 0.1) is 20.1 Å². The Hall–Kier alpha value is -2.49. The van der Waals surface area contributed by atoms with Crippen molar-refractivity contribution in [1.29, 1.82) is 0 Å². The van der Waals surface area contributed by atoms with Crippen LogP contribution < -0.4 is 9.47 Å². The molecule has 1 fully saturated rings. The Morgan fingerprint density at radius 2 is 1.77 bits per heavy atom. The van der Waals surface area contributed by atoms with E-state index in [1.165, 1.54) is 0 Å². The van der Waals surface area contributed by atoms with E-state index in [-0.39, 0.29) is 11.8 Å². The molecule has 2 atom stereocenters. The van der Waals surface area contributed by atoms with Gasteiger partial charge in [-0.3, -0.25) is 4.79 Å². The van der Waals surface area contributed by atoms with Crippen molar-refractivity contribution in [2.45, 2.75) is 12.3 Å². The standard InChI is InChI=1S/C18H18O4/c1-21-16-7-6-12(9-17(16)22-2)11-4-3-5-13(8-11)14-10-15(14)18(19)20/h3-9,14-15H,10H2,1-2H3,(H,19,20)/t14-,15+/m0/s1. The van der Waals surface area contributed by atoms with Gasteiger partial charge in [0.25, 0.3) is 0 Å². The first-order chi connectivity index (χ1) is 10.6. The molecule has 2 aromatic carbocycles. The first-order valence-electron chi connectivity index (χ1n) is 7.19. The van der Waals surface area contributed by atoms with Crippen LogP contribution in [0.2, 0.25) is 0 Å². The van der Waals surface area contributed by atoms with Gasteiger partial charge < -0.3 is 14.6 Å². The molecule has 0 saturated heterocycles. The fourth-order valence-electron chi connectivity index (χ4n) is 2.80. The van der Waals surface area contributed by atoms with Crippen LogP contribution in [0.5, 0.6) is 11.5 Å². The molecule has 1 saturated carbocycles. The summed E-state index contributed by atoms with van der Waals surface area (Å²) in [4.78, 5) is 11.0. The van der Waals surface area contributed by atoms with Crippen LogP contribution in [0.15, 0.2) is 42.5 Å². The Labute approximate surface area is 129 Å². The fourth-order valence-corrected chi connectivity index (χ4v) is 2.80. The lowest BCUT2D eigenvalue weighted by molar-refractivity contribution is -0.138. The van der Waals surface area contributed by atoms with Crippen molar-refractivity contribution >= 4 is 5.97 Å². The quantitative estimate of drug-likeness (QED) is 0.917. The minimum Gasteiger partial charge on any atom is -0.493 e. The zero-order valence-corrected chi connectivity index (χ0v) is 12.6. The fraction of sp³-hybridized carbons (Fsp3) is 0.278. The van der Waals surface area contributed by atoms with E-state index < -0.39 is 5.97 Å². The second-order valence-corrected chi connectivity index (χ2v) is 5.48. The van der Waals surface area contributed by atoms with E-state index in [0.29, 0.717) is 11.5 Å². The van der Waals surface area contributed by atoms with Gasteiger partial charge in [-0.25, -0.2) is 0 Å². The molecule has 1 N–H and O–H groups in total. The van der Waals surface area contributed by atoms with Gasteiger partial charge in [-0.2, -0.15) is 0 Å². The van der Waals surface area contributed by atoms with E-state index in [4.69, 9.17) is 14.6 Å². The molecule has 4 nitrogen and oxygen atoms in total. The van der Waals surface area contributed by atoms with Gasteiger partial charge in [0.15, 0.2) is 11.5 Å². The van der Waals surface area contributed by atoms with Gasteiger partial charge in [0, 0.05) is 0 Å². The van der Waals surface area contributed by atoms with E-state index in [1.807, 2.05) is 36.4 Å². The molecule has 4 heteroatoms. The molecule has 0 unspecified atom stereocenters. The number of hydrogen-bond donors (Lipinski definition) is 1. The zero-order valence-electron chi connectivity index (χ0n) is 12.6. The summed E-state index contributed by atoms with van der Waals surface area (Å²) in [6, 6.07) is 13.8. The number of hydrogen-bond acceptors (Lipinski definition) is 3. The second-order valence-electron chi connectivity index (χ2n) is 5.48. The van der Waals surface area contributed by atoms with E-state index in [1.54, 1.807) is 14.2 Å².